The van der Waals surface area contributed by atoms with Crippen LogP contribution in [0.15, 0.2) is 18.5 Å². The van der Waals surface area contributed by atoms with E-state index in [1.54, 1.807) is 0 Å². The molecular weight excluding hydrogens is 328 g/mol. The Balaban J connectivity index is 2.01. The van der Waals surface area contributed by atoms with Gasteiger partial charge in [-0.3, -0.25) is 0 Å². The average molecular weight is 351 g/mol. The molecule has 114 valence electrons. The molecule has 3 rings (SSSR count). The number of hydrogen-bond donors (Lipinski definition) is 0. The average Bonchev–Trinajstić information content (AvgIpc) is 2.86. The summed E-state index contributed by atoms with van der Waals surface area (Å²) in [6.07, 6.45) is 4.95. The normalized spacial score (nSPS) is 23.8. The second-order valence-electron chi connectivity index (χ2n) is 7.09. The second-order valence-corrected chi connectivity index (χ2v) is 8.26. The number of nitrogens with zero attached hydrogens (tertiary/aromatic N) is 4. The first-order valence-corrected chi connectivity index (χ1v) is 8.52. The van der Waals surface area contributed by atoms with Gasteiger partial charge in [-0.2, -0.15) is 5.10 Å². The van der Waals surface area contributed by atoms with Gasteiger partial charge in [-0.15, -0.1) is 0 Å². The number of hydrogen-bond acceptors (Lipinski definition) is 3. The summed E-state index contributed by atoms with van der Waals surface area (Å²) in [7, 11) is 0. The molecule has 1 fully saturated rings. The molecule has 4 nitrogen and oxygen atoms in total. The van der Waals surface area contributed by atoms with Crippen molar-refractivity contribution < 1.29 is 0 Å². The van der Waals surface area contributed by atoms with Crippen LogP contribution in [0, 0.1) is 5.92 Å². The number of piperidine rings is 1. The van der Waals surface area contributed by atoms with Crippen molar-refractivity contribution in [2.24, 2.45) is 5.92 Å². The van der Waals surface area contributed by atoms with Crippen molar-refractivity contribution in [2.75, 3.05) is 18.0 Å². The first kappa shape index (κ1) is 14.8. The largest absolute Gasteiger partial charge is 0.354 e. The molecule has 0 bridgehead atoms. The van der Waals surface area contributed by atoms with Crippen molar-refractivity contribution in [1.82, 2.24) is 14.6 Å². The molecule has 1 aliphatic rings. The van der Waals surface area contributed by atoms with Crippen LogP contribution in [0.4, 0.5) is 5.82 Å². The van der Waals surface area contributed by atoms with Crippen molar-refractivity contribution in [3.05, 3.63) is 24.2 Å². The van der Waals surface area contributed by atoms with Crippen molar-refractivity contribution in [3.8, 4) is 0 Å². The highest BCUT2D eigenvalue weighted by atomic mass is 79.9. The zero-order valence-corrected chi connectivity index (χ0v) is 14.8. The molecule has 3 heterocycles. The van der Waals surface area contributed by atoms with Crippen LogP contribution in [-0.2, 0) is 5.41 Å². The highest BCUT2D eigenvalue weighted by molar-refractivity contribution is 9.09. The standard InChI is InChI=1S/C16H23BrN4/c1-11-10-20(7-5-12(11)17)15-13-9-14(16(2,3)4)19-21(13)8-6-18-15/h6,8-9,11-12H,5,7,10H2,1-4H3. The van der Waals surface area contributed by atoms with Crippen molar-refractivity contribution in [1.29, 1.82) is 0 Å². The van der Waals surface area contributed by atoms with Gasteiger partial charge in [0.15, 0.2) is 5.82 Å². The van der Waals surface area contributed by atoms with Crippen LogP contribution in [0.1, 0.15) is 39.8 Å². The fraction of sp³-hybridized carbons (Fsp3) is 0.625. The summed E-state index contributed by atoms with van der Waals surface area (Å²) in [5.41, 5.74) is 2.28. The van der Waals surface area contributed by atoms with Gasteiger partial charge in [0.1, 0.15) is 5.52 Å². The quantitative estimate of drug-likeness (QED) is 0.736. The van der Waals surface area contributed by atoms with E-state index in [-0.39, 0.29) is 5.41 Å². The molecule has 1 aliphatic heterocycles. The molecule has 0 radical (unpaired) electrons. The van der Waals surface area contributed by atoms with E-state index in [0.29, 0.717) is 10.7 Å². The summed E-state index contributed by atoms with van der Waals surface area (Å²) < 4.78 is 1.97. The zero-order chi connectivity index (χ0) is 15.2. The van der Waals surface area contributed by atoms with Crippen molar-refractivity contribution >= 4 is 27.3 Å². The molecule has 21 heavy (non-hydrogen) atoms. The number of alkyl halides is 1. The van der Waals surface area contributed by atoms with Crippen LogP contribution < -0.4 is 4.90 Å². The van der Waals surface area contributed by atoms with Gasteiger partial charge in [-0.1, -0.05) is 43.6 Å². The van der Waals surface area contributed by atoms with E-state index in [1.807, 2.05) is 16.9 Å². The lowest BCUT2D eigenvalue weighted by Gasteiger charge is -2.35. The molecule has 2 aromatic rings. The summed E-state index contributed by atoms with van der Waals surface area (Å²) in [6, 6.07) is 2.19. The SMILES string of the molecule is CC1CN(c2nccn3nc(C(C)(C)C)cc23)CCC1Br. The van der Waals surface area contributed by atoms with Gasteiger partial charge in [-0.05, 0) is 18.4 Å². The zero-order valence-electron chi connectivity index (χ0n) is 13.2. The Morgan fingerprint density at radius 2 is 2.10 bits per heavy atom. The predicted octanol–water partition coefficient (Wildman–Crippen LogP) is 3.64. The highest BCUT2D eigenvalue weighted by Gasteiger charge is 2.27. The topological polar surface area (TPSA) is 33.4 Å². The summed E-state index contributed by atoms with van der Waals surface area (Å²) in [6.45, 7) is 11.0. The number of aromatic nitrogens is 3. The Labute approximate surface area is 134 Å². The van der Waals surface area contributed by atoms with Crippen LogP contribution in [0.25, 0.3) is 5.52 Å². The van der Waals surface area contributed by atoms with E-state index < -0.39 is 0 Å². The van der Waals surface area contributed by atoms with E-state index in [2.05, 4.69) is 59.6 Å². The smallest absolute Gasteiger partial charge is 0.154 e. The van der Waals surface area contributed by atoms with Gasteiger partial charge < -0.3 is 4.90 Å². The maximum Gasteiger partial charge on any atom is 0.154 e. The minimum absolute atomic E-state index is 0.0550. The molecule has 0 spiro atoms. The summed E-state index contributed by atoms with van der Waals surface area (Å²) in [4.78, 5) is 7.64. The molecule has 2 unspecified atom stereocenters. The minimum atomic E-state index is 0.0550. The molecule has 2 atom stereocenters. The third-order valence-electron chi connectivity index (χ3n) is 4.24. The summed E-state index contributed by atoms with van der Waals surface area (Å²) in [5, 5.41) is 4.71. The maximum atomic E-state index is 4.71. The van der Waals surface area contributed by atoms with Crippen LogP contribution in [-0.4, -0.2) is 32.5 Å². The lowest BCUT2D eigenvalue weighted by Crippen LogP contribution is -2.40. The summed E-state index contributed by atoms with van der Waals surface area (Å²) in [5.74, 6) is 1.69. The Bertz CT molecular complexity index is 643. The molecule has 0 saturated carbocycles. The van der Waals surface area contributed by atoms with Crippen molar-refractivity contribution in [3.63, 3.8) is 0 Å². The summed E-state index contributed by atoms with van der Waals surface area (Å²) >= 11 is 3.77. The number of anilines is 1. The monoisotopic (exact) mass is 350 g/mol. The second kappa shape index (κ2) is 5.27. The van der Waals surface area contributed by atoms with Crippen molar-refractivity contribution in [2.45, 2.75) is 44.4 Å². The third-order valence-corrected chi connectivity index (χ3v) is 5.60. The molecule has 0 N–H and O–H groups in total. The van der Waals surface area contributed by atoms with Gasteiger partial charge in [-0.25, -0.2) is 9.50 Å². The van der Waals surface area contributed by atoms with E-state index in [0.717, 1.165) is 36.5 Å². The fourth-order valence-corrected chi connectivity index (χ4v) is 3.20. The molecule has 1 saturated heterocycles. The van der Waals surface area contributed by atoms with E-state index in [9.17, 15) is 0 Å². The Morgan fingerprint density at radius 1 is 1.33 bits per heavy atom. The molecule has 0 aliphatic carbocycles. The van der Waals surface area contributed by atoms with Gasteiger partial charge in [0.25, 0.3) is 0 Å². The molecule has 0 amide bonds. The highest BCUT2D eigenvalue weighted by Crippen LogP contribution is 2.30. The first-order chi connectivity index (χ1) is 9.86. The number of rotatable bonds is 1. The van der Waals surface area contributed by atoms with Crippen LogP contribution in [0.3, 0.4) is 0 Å². The van der Waals surface area contributed by atoms with E-state index >= 15 is 0 Å². The Morgan fingerprint density at radius 3 is 2.76 bits per heavy atom. The van der Waals surface area contributed by atoms with E-state index in [1.165, 1.54) is 0 Å². The number of halogens is 1. The molecular formula is C16H23BrN4. The Kier molecular flexibility index (Phi) is 3.72. The number of fused-ring (bicyclic) bond motifs is 1. The van der Waals surface area contributed by atoms with Gasteiger partial charge >= 0.3 is 0 Å². The van der Waals surface area contributed by atoms with Crippen LogP contribution >= 0.6 is 15.9 Å². The van der Waals surface area contributed by atoms with Crippen LogP contribution in [0.5, 0.6) is 0 Å². The lowest BCUT2D eigenvalue weighted by atomic mass is 9.92. The fourth-order valence-electron chi connectivity index (χ4n) is 2.83. The maximum absolute atomic E-state index is 4.71. The van der Waals surface area contributed by atoms with Gasteiger partial charge in [0, 0.05) is 35.7 Å². The van der Waals surface area contributed by atoms with Gasteiger partial charge in [0.05, 0.1) is 5.69 Å². The van der Waals surface area contributed by atoms with Crippen LogP contribution in [0.2, 0.25) is 0 Å². The predicted molar refractivity (Wildman–Crippen MR) is 90.4 cm³/mol. The third kappa shape index (κ3) is 2.80. The minimum Gasteiger partial charge on any atom is -0.354 e. The Hall–Kier alpha value is -1.10. The first-order valence-electron chi connectivity index (χ1n) is 7.60. The van der Waals surface area contributed by atoms with Gasteiger partial charge in [0.2, 0.25) is 0 Å². The van der Waals surface area contributed by atoms with E-state index in [4.69, 9.17) is 5.10 Å². The molecule has 2 aromatic heterocycles. The molecule has 0 aromatic carbocycles. The lowest BCUT2D eigenvalue weighted by molar-refractivity contribution is 0.464. The molecule has 5 heteroatoms.